The Morgan fingerprint density at radius 2 is 2.07 bits per heavy atom. The fourth-order valence-electron chi connectivity index (χ4n) is 3.54. The zero-order chi connectivity index (χ0) is 20.3. The van der Waals surface area contributed by atoms with E-state index in [1.807, 2.05) is 26.0 Å². The average Bonchev–Trinajstić information content (AvgIpc) is 3.15. The second-order valence-electron chi connectivity index (χ2n) is 7.32. The van der Waals surface area contributed by atoms with E-state index in [2.05, 4.69) is 15.3 Å². The number of amides is 2. The number of hydrogen-bond donors (Lipinski definition) is 2. The number of imidazole rings is 1. The molecule has 2 atom stereocenters. The van der Waals surface area contributed by atoms with Crippen molar-refractivity contribution in [3.8, 4) is 0 Å². The molecular formula is C20H25ClN4O3. The van der Waals surface area contributed by atoms with E-state index in [1.165, 1.54) is 7.11 Å². The van der Waals surface area contributed by atoms with Gasteiger partial charge < -0.3 is 19.9 Å². The Balaban J connectivity index is 1.89. The number of urea groups is 1. The van der Waals surface area contributed by atoms with Gasteiger partial charge in [-0.2, -0.15) is 0 Å². The van der Waals surface area contributed by atoms with Gasteiger partial charge in [0.15, 0.2) is 0 Å². The van der Waals surface area contributed by atoms with Crippen molar-refractivity contribution in [1.29, 1.82) is 0 Å². The first kappa shape index (κ1) is 20.2. The summed E-state index contributed by atoms with van der Waals surface area (Å²) in [4.78, 5) is 34.6. The molecule has 1 aromatic heterocycles. The molecule has 0 bridgehead atoms. The van der Waals surface area contributed by atoms with Gasteiger partial charge in [0, 0.05) is 23.7 Å². The van der Waals surface area contributed by atoms with Crippen LogP contribution in [0.5, 0.6) is 0 Å². The molecule has 2 N–H and O–H groups in total. The molecule has 2 heterocycles. The van der Waals surface area contributed by atoms with Gasteiger partial charge in [0.25, 0.3) is 0 Å². The van der Waals surface area contributed by atoms with E-state index >= 15 is 0 Å². The summed E-state index contributed by atoms with van der Waals surface area (Å²) in [7, 11) is 1.33. The minimum atomic E-state index is -0.691. The Labute approximate surface area is 169 Å². The number of carbonyl (C=O) groups is 2. The van der Waals surface area contributed by atoms with Crippen LogP contribution in [0.4, 0.5) is 4.79 Å². The standard InChI is InChI=1S/C20H25ClN4O3/c1-12(2)10-16(19(26)28-3)24-20(27)25-9-8-15-17(23-11-22-15)18(25)13-4-6-14(21)7-5-13/h4-7,11-12,16,18H,8-10H2,1-3H3,(H,22,23)(H,24,27)/t16-,18?/m1/s1. The molecule has 8 heteroatoms. The summed E-state index contributed by atoms with van der Waals surface area (Å²) < 4.78 is 4.87. The van der Waals surface area contributed by atoms with Crippen LogP contribution in [0.15, 0.2) is 30.6 Å². The summed E-state index contributed by atoms with van der Waals surface area (Å²) in [5, 5.41) is 3.48. The van der Waals surface area contributed by atoms with Crippen LogP contribution in [0.3, 0.4) is 0 Å². The number of hydrogen-bond acceptors (Lipinski definition) is 4. The van der Waals surface area contributed by atoms with E-state index in [1.54, 1.807) is 23.4 Å². The number of fused-ring (bicyclic) bond motifs is 1. The molecule has 0 saturated carbocycles. The smallest absolute Gasteiger partial charge is 0.328 e. The number of aromatic amines is 1. The van der Waals surface area contributed by atoms with E-state index in [9.17, 15) is 9.59 Å². The summed E-state index contributed by atoms with van der Waals surface area (Å²) in [6.45, 7) is 4.49. The number of carbonyl (C=O) groups excluding carboxylic acids is 2. The average molecular weight is 405 g/mol. The molecule has 28 heavy (non-hydrogen) atoms. The molecular weight excluding hydrogens is 380 g/mol. The molecule has 0 radical (unpaired) electrons. The van der Waals surface area contributed by atoms with Crippen molar-refractivity contribution in [1.82, 2.24) is 20.2 Å². The van der Waals surface area contributed by atoms with Gasteiger partial charge in [0.1, 0.15) is 12.1 Å². The van der Waals surface area contributed by atoms with E-state index in [-0.39, 0.29) is 18.0 Å². The monoisotopic (exact) mass is 404 g/mol. The van der Waals surface area contributed by atoms with Crippen molar-refractivity contribution in [3.63, 3.8) is 0 Å². The lowest BCUT2D eigenvalue weighted by atomic mass is 9.96. The number of nitrogens with one attached hydrogen (secondary N) is 2. The number of nitrogens with zero attached hydrogens (tertiary/aromatic N) is 2. The Morgan fingerprint density at radius 3 is 2.71 bits per heavy atom. The summed E-state index contributed by atoms with van der Waals surface area (Å²) in [6.07, 6.45) is 2.82. The molecule has 150 valence electrons. The molecule has 0 spiro atoms. The number of ether oxygens (including phenoxy) is 1. The first-order valence-electron chi connectivity index (χ1n) is 9.33. The van der Waals surface area contributed by atoms with Gasteiger partial charge in [-0.05, 0) is 30.0 Å². The van der Waals surface area contributed by atoms with Gasteiger partial charge in [-0.3, -0.25) is 0 Å². The Hall–Kier alpha value is -2.54. The summed E-state index contributed by atoms with van der Waals surface area (Å²) in [5.41, 5.74) is 2.73. The van der Waals surface area contributed by atoms with Crippen LogP contribution in [-0.4, -0.2) is 46.6 Å². The molecule has 1 aliphatic heterocycles. The quantitative estimate of drug-likeness (QED) is 0.748. The van der Waals surface area contributed by atoms with Crippen LogP contribution in [0.1, 0.15) is 43.3 Å². The van der Waals surface area contributed by atoms with Crippen molar-refractivity contribution >= 4 is 23.6 Å². The molecule has 0 aliphatic carbocycles. The van der Waals surface area contributed by atoms with Gasteiger partial charge >= 0.3 is 12.0 Å². The van der Waals surface area contributed by atoms with Gasteiger partial charge in [0.05, 0.1) is 19.1 Å². The molecule has 1 aromatic carbocycles. The van der Waals surface area contributed by atoms with Crippen LogP contribution in [0, 0.1) is 5.92 Å². The maximum atomic E-state index is 13.1. The van der Waals surface area contributed by atoms with E-state index in [0.717, 1.165) is 17.0 Å². The van der Waals surface area contributed by atoms with Gasteiger partial charge in [-0.25, -0.2) is 14.6 Å². The first-order chi connectivity index (χ1) is 13.4. The van der Waals surface area contributed by atoms with Gasteiger partial charge in [-0.1, -0.05) is 37.6 Å². The number of benzene rings is 1. The third kappa shape index (κ3) is 4.30. The lowest BCUT2D eigenvalue weighted by Gasteiger charge is -2.36. The topological polar surface area (TPSA) is 87.3 Å². The maximum absolute atomic E-state index is 13.1. The normalized spacial score (nSPS) is 17.2. The van der Waals surface area contributed by atoms with Crippen LogP contribution in [0.25, 0.3) is 0 Å². The highest BCUT2D eigenvalue weighted by atomic mass is 35.5. The van der Waals surface area contributed by atoms with Crippen molar-refractivity contribution in [2.45, 2.75) is 38.8 Å². The highest BCUT2D eigenvalue weighted by Crippen LogP contribution is 2.34. The lowest BCUT2D eigenvalue weighted by molar-refractivity contribution is -0.143. The number of methoxy groups -OCH3 is 1. The molecule has 1 aliphatic rings. The van der Waals surface area contributed by atoms with Gasteiger partial charge in [-0.15, -0.1) is 0 Å². The Bertz CT molecular complexity index is 834. The minimum Gasteiger partial charge on any atom is -0.467 e. The van der Waals surface area contributed by atoms with E-state index in [4.69, 9.17) is 16.3 Å². The molecule has 7 nitrogen and oxygen atoms in total. The lowest BCUT2D eigenvalue weighted by Crippen LogP contribution is -2.51. The predicted molar refractivity (Wildman–Crippen MR) is 106 cm³/mol. The third-order valence-corrected chi connectivity index (χ3v) is 5.11. The number of esters is 1. The van der Waals surface area contributed by atoms with Gasteiger partial charge in [0.2, 0.25) is 0 Å². The second kappa shape index (κ2) is 8.65. The minimum absolute atomic E-state index is 0.232. The highest BCUT2D eigenvalue weighted by Gasteiger charge is 2.35. The Morgan fingerprint density at radius 1 is 1.36 bits per heavy atom. The predicted octanol–water partition coefficient (Wildman–Crippen LogP) is 3.31. The number of H-pyrrole nitrogens is 1. The molecule has 0 saturated heterocycles. The number of halogens is 1. The zero-order valence-corrected chi connectivity index (χ0v) is 17.0. The van der Waals surface area contributed by atoms with Crippen LogP contribution in [0.2, 0.25) is 5.02 Å². The second-order valence-corrected chi connectivity index (χ2v) is 7.76. The Kier molecular flexibility index (Phi) is 6.24. The molecule has 3 rings (SSSR count). The number of rotatable bonds is 5. The van der Waals surface area contributed by atoms with Crippen molar-refractivity contribution in [2.24, 2.45) is 5.92 Å². The maximum Gasteiger partial charge on any atom is 0.328 e. The van der Waals surface area contributed by atoms with Crippen molar-refractivity contribution < 1.29 is 14.3 Å². The largest absolute Gasteiger partial charge is 0.467 e. The van der Waals surface area contributed by atoms with Crippen LogP contribution < -0.4 is 5.32 Å². The zero-order valence-electron chi connectivity index (χ0n) is 16.2. The van der Waals surface area contributed by atoms with Crippen LogP contribution >= 0.6 is 11.6 Å². The molecule has 2 amide bonds. The summed E-state index contributed by atoms with van der Waals surface area (Å²) in [6, 6.07) is 6.01. The van der Waals surface area contributed by atoms with E-state index < -0.39 is 12.0 Å². The number of aromatic nitrogens is 2. The summed E-state index contributed by atoms with van der Waals surface area (Å²) >= 11 is 6.03. The van der Waals surface area contributed by atoms with Crippen LogP contribution in [-0.2, 0) is 16.0 Å². The molecule has 1 unspecified atom stereocenters. The van der Waals surface area contributed by atoms with Crippen molar-refractivity contribution in [2.75, 3.05) is 13.7 Å². The van der Waals surface area contributed by atoms with E-state index in [0.29, 0.717) is 24.4 Å². The highest BCUT2D eigenvalue weighted by molar-refractivity contribution is 6.30. The SMILES string of the molecule is COC(=O)[C@@H](CC(C)C)NC(=O)N1CCc2[nH]cnc2C1c1ccc(Cl)cc1. The third-order valence-electron chi connectivity index (χ3n) is 4.86. The fourth-order valence-corrected chi connectivity index (χ4v) is 3.66. The fraction of sp³-hybridized carbons (Fsp3) is 0.450. The molecule has 0 fully saturated rings. The van der Waals surface area contributed by atoms with Crippen molar-refractivity contribution in [3.05, 3.63) is 52.6 Å². The first-order valence-corrected chi connectivity index (χ1v) is 9.71. The molecule has 2 aromatic rings. The summed E-state index contributed by atoms with van der Waals surface area (Å²) in [5.74, 6) is -0.210.